The van der Waals surface area contributed by atoms with E-state index in [1.165, 1.54) is 0 Å². The number of ether oxygens (including phenoxy) is 2. The number of nitrogens with zero attached hydrogens (tertiary/aromatic N) is 1. The summed E-state index contributed by atoms with van der Waals surface area (Å²) in [7, 11) is 1.58. The molecular formula is C22H23NO5. The van der Waals surface area contributed by atoms with Gasteiger partial charge < -0.3 is 19.0 Å². The summed E-state index contributed by atoms with van der Waals surface area (Å²) in [5, 5.41) is 9.33. The first-order chi connectivity index (χ1) is 13.5. The molecule has 6 heteroatoms. The van der Waals surface area contributed by atoms with E-state index in [1.807, 2.05) is 30.3 Å². The maximum absolute atomic E-state index is 11.4. The number of fused-ring (bicyclic) bond motifs is 1. The molecule has 28 heavy (non-hydrogen) atoms. The quantitative estimate of drug-likeness (QED) is 0.598. The normalized spacial score (nSPS) is 11.8. The number of carboxylic acids is 1. The van der Waals surface area contributed by atoms with E-state index in [0.717, 1.165) is 5.56 Å². The smallest absolute Gasteiger partial charge is 0.308 e. The number of rotatable bonds is 8. The molecule has 2 aromatic carbocycles. The largest absolute Gasteiger partial charge is 0.493 e. The van der Waals surface area contributed by atoms with Crippen LogP contribution in [0.4, 0.5) is 0 Å². The Kier molecular flexibility index (Phi) is 5.99. The lowest BCUT2D eigenvalue weighted by Gasteiger charge is -2.13. The number of hydrogen-bond acceptors (Lipinski definition) is 5. The molecule has 0 atom stereocenters. The number of carboxylic acid groups (broad SMARTS) is 1. The highest BCUT2D eigenvalue weighted by Gasteiger charge is 2.15. The lowest BCUT2D eigenvalue weighted by Crippen LogP contribution is -2.05. The maximum atomic E-state index is 11.4. The minimum atomic E-state index is -0.960. The zero-order chi connectivity index (χ0) is 20.1. The molecule has 0 fully saturated rings. The third-order valence-electron chi connectivity index (χ3n) is 4.01. The van der Waals surface area contributed by atoms with Crippen molar-refractivity contribution in [3.8, 4) is 11.5 Å². The lowest BCUT2D eigenvalue weighted by atomic mass is 10.1. The topological polar surface area (TPSA) is 81.8 Å². The summed E-state index contributed by atoms with van der Waals surface area (Å²) in [6.07, 6.45) is 1.54. The van der Waals surface area contributed by atoms with Gasteiger partial charge in [-0.25, -0.2) is 4.98 Å². The molecule has 1 aromatic heterocycles. The number of methoxy groups -OCH3 is 1. The highest BCUT2D eigenvalue weighted by molar-refractivity contribution is 5.91. The Labute approximate surface area is 163 Å². The molecule has 0 unspecified atom stereocenters. The average Bonchev–Trinajstić information content (AvgIpc) is 3.10. The first kappa shape index (κ1) is 19.5. The van der Waals surface area contributed by atoms with Crippen molar-refractivity contribution in [3.63, 3.8) is 0 Å². The van der Waals surface area contributed by atoms with Crippen LogP contribution in [0.3, 0.4) is 0 Å². The summed E-state index contributed by atoms with van der Waals surface area (Å²) in [4.78, 5) is 15.8. The fourth-order valence-corrected chi connectivity index (χ4v) is 2.71. The molecule has 0 aliphatic heterocycles. The molecule has 146 valence electrons. The van der Waals surface area contributed by atoms with Crippen molar-refractivity contribution in [2.75, 3.05) is 13.7 Å². The van der Waals surface area contributed by atoms with E-state index in [4.69, 9.17) is 13.9 Å². The number of benzene rings is 2. The van der Waals surface area contributed by atoms with Crippen LogP contribution < -0.4 is 9.47 Å². The van der Waals surface area contributed by atoms with Gasteiger partial charge in [-0.15, -0.1) is 0 Å². The number of hydrogen-bond donors (Lipinski definition) is 1. The van der Waals surface area contributed by atoms with Crippen molar-refractivity contribution >= 4 is 28.7 Å². The van der Waals surface area contributed by atoms with Crippen molar-refractivity contribution < 1.29 is 23.8 Å². The molecule has 1 heterocycles. The lowest BCUT2D eigenvalue weighted by molar-refractivity contribution is -0.135. The van der Waals surface area contributed by atoms with Crippen LogP contribution in [0.5, 0.6) is 11.5 Å². The van der Waals surface area contributed by atoms with Crippen LogP contribution in [0.1, 0.15) is 31.7 Å². The fourth-order valence-electron chi connectivity index (χ4n) is 2.71. The molecule has 3 rings (SSSR count). The van der Waals surface area contributed by atoms with E-state index in [1.54, 1.807) is 25.3 Å². The summed E-state index contributed by atoms with van der Waals surface area (Å²) in [6, 6.07) is 12.8. The third kappa shape index (κ3) is 4.71. The van der Waals surface area contributed by atoms with Gasteiger partial charge in [-0.3, -0.25) is 4.79 Å². The van der Waals surface area contributed by atoms with E-state index in [2.05, 4.69) is 18.8 Å². The van der Waals surface area contributed by atoms with Gasteiger partial charge in [0.15, 0.2) is 17.1 Å². The Hall–Kier alpha value is -3.28. The van der Waals surface area contributed by atoms with Gasteiger partial charge in [0.05, 0.1) is 20.1 Å². The van der Waals surface area contributed by atoms with Crippen LogP contribution in [-0.4, -0.2) is 29.8 Å². The molecular weight excluding hydrogens is 358 g/mol. The molecule has 0 aliphatic rings. The van der Waals surface area contributed by atoms with Gasteiger partial charge in [-0.2, -0.15) is 0 Å². The Balaban J connectivity index is 2.00. The van der Waals surface area contributed by atoms with E-state index in [-0.39, 0.29) is 6.42 Å². The van der Waals surface area contributed by atoms with Gasteiger partial charge in [0.2, 0.25) is 5.89 Å². The van der Waals surface area contributed by atoms with Crippen LogP contribution in [0.25, 0.3) is 22.7 Å². The second-order valence-electron chi connectivity index (χ2n) is 6.84. The molecule has 0 saturated carbocycles. The van der Waals surface area contributed by atoms with E-state index >= 15 is 0 Å². The van der Waals surface area contributed by atoms with Crippen molar-refractivity contribution in [3.05, 3.63) is 53.9 Å². The monoisotopic (exact) mass is 381 g/mol. The van der Waals surface area contributed by atoms with Gasteiger partial charge in [-0.1, -0.05) is 32.0 Å². The average molecular weight is 381 g/mol. The summed E-state index contributed by atoms with van der Waals surface area (Å²) in [6.45, 7) is 4.68. The Bertz CT molecular complexity index is 970. The first-order valence-corrected chi connectivity index (χ1v) is 9.05. The summed E-state index contributed by atoms with van der Waals surface area (Å²) >= 11 is 0. The molecule has 0 saturated heterocycles. The second-order valence-corrected chi connectivity index (χ2v) is 6.84. The van der Waals surface area contributed by atoms with Crippen LogP contribution in [0, 0.1) is 5.92 Å². The Morgan fingerprint density at radius 2 is 2.00 bits per heavy atom. The minimum absolute atomic E-state index is 0.207. The Morgan fingerprint density at radius 3 is 2.68 bits per heavy atom. The molecule has 0 radical (unpaired) electrons. The highest BCUT2D eigenvalue weighted by Crippen LogP contribution is 2.31. The van der Waals surface area contributed by atoms with Crippen molar-refractivity contribution in [1.29, 1.82) is 0 Å². The number of carbonyl (C=O) groups is 1. The fraction of sp³-hybridized carbons (Fsp3) is 0.273. The van der Waals surface area contributed by atoms with E-state index in [0.29, 0.717) is 46.6 Å². The summed E-state index contributed by atoms with van der Waals surface area (Å²) in [5.41, 5.74) is 2.55. The van der Waals surface area contributed by atoms with E-state index < -0.39 is 5.97 Å². The van der Waals surface area contributed by atoms with Crippen LogP contribution >= 0.6 is 0 Å². The molecule has 0 spiro atoms. The van der Waals surface area contributed by atoms with Gasteiger partial charge in [-0.05, 0) is 41.8 Å². The number of aliphatic carboxylic acids is 1. The second kappa shape index (κ2) is 8.61. The molecule has 0 bridgehead atoms. The van der Waals surface area contributed by atoms with Crippen LogP contribution in [-0.2, 0) is 4.79 Å². The highest BCUT2D eigenvalue weighted by atomic mass is 16.5. The van der Waals surface area contributed by atoms with Gasteiger partial charge in [0, 0.05) is 5.57 Å². The SMILES string of the molecule is COc1ccc(/C=C(\CC(=O)O)c2nc3ccccc3o2)cc1OCC(C)C. The standard InChI is InChI=1S/C22H23NO5/c1-14(2)13-27-20-11-15(8-9-19(20)26-3)10-16(12-21(24)25)22-23-17-6-4-5-7-18(17)28-22/h4-11,14H,12-13H2,1-3H3,(H,24,25)/b16-10+. The zero-order valence-electron chi connectivity index (χ0n) is 16.1. The predicted octanol–water partition coefficient (Wildman–Crippen LogP) is 4.89. The predicted molar refractivity (Wildman–Crippen MR) is 107 cm³/mol. The van der Waals surface area contributed by atoms with Crippen molar-refractivity contribution in [2.24, 2.45) is 5.92 Å². The van der Waals surface area contributed by atoms with Crippen molar-refractivity contribution in [1.82, 2.24) is 4.98 Å². The minimum Gasteiger partial charge on any atom is -0.493 e. The molecule has 0 amide bonds. The molecule has 0 aliphatic carbocycles. The van der Waals surface area contributed by atoms with Crippen LogP contribution in [0.2, 0.25) is 0 Å². The van der Waals surface area contributed by atoms with Gasteiger partial charge >= 0.3 is 5.97 Å². The first-order valence-electron chi connectivity index (χ1n) is 9.05. The van der Waals surface area contributed by atoms with Gasteiger partial charge in [0.1, 0.15) is 5.52 Å². The molecule has 3 aromatic rings. The number of oxazole rings is 1. The van der Waals surface area contributed by atoms with Gasteiger partial charge in [0.25, 0.3) is 0 Å². The molecule has 1 N–H and O–H groups in total. The third-order valence-corrected chi connectivity index (χ3v) is 4.01. The number of aromatic nitrogens is 1. The number of para-hydroxylation sites is 2. The summed E-state index contributed by atoms with van der Waals surface area (Å²) in [5.74, 6) is 0.935. The summed E-state index contributed by atoms with van der Waals surface area (Å²) < 4.78 is 17.0. The Morgan fingerprint density at radius 1 is 1.21 bits per heavy atom. The molecule has 6 nitrogen and oxygen atoms in total. The maximum Gasteiger partial charge on any atom is 0.308 e. The van der Waals surface area contributed by atoms with Crippen LogP contribution in [0.15, 0.2) is 46.9 Å². The van der Waals surface area contributed by atoms with Crippen molar-refractivity contribution in [2.45, 2.75) is 20.3 Å². The zero-order valence-corrected chi connectivity index (χ0v) is 16.1. The van der Waals surface area contributed by atoms with E-state index in [9.17, 15) is 9.90 Å².